The van der Waals surface area contributed by atoms with Gasteiger partial charge in [0.15, 0.2) is 5.82 Å². The summed E-state index contributed by atoms with van der Waals surface area (Å²) in [6.07, 6.45) is 0. The zero-order valence-electron chi connectivity index (χ0n) is 17.0. The molecule has 4 rings (SSSR count). The first-order chi connectivity index (χ1) is 14.2. The maximum Gasteiger partial charge on any atom is 0.163 e. The van der Waals surface area contributed by atoms with Gasteiger partial charge >= 0.3 is 0 Å². The minimum Gasteiger partial charge on any atom is -0.494 e. The lowest BCUT2D eigenvalue weighted by molar-refractivity contribution is 0.312. The molecule has 1 fully saturated rings. The number of likely N-dealkylation sites (N-methyl/N-ethyl adjacent to an activating group) is 1. The van der Waals surface area contributed by atoms with E-state index in [0.29, 0.717) is 6.61 Å². The van der Waals surface area contributed by atoms with Crippen molar-refractivity contribution in [3.05, 3.63) is 60.7 Å². The summed E-state index contributed by atoms with van der Waals surface area (Å²) in [5, 5.41) is 3.43. The molecule has 2 aromatic carbocycles. The smallest absolute Gasteiger partial charge is 0.163 e. The van der Waals surface area contributed by atoms with Crippen molar-refractivity contribution in [3.8, 4) is 17.1 Å². The average Bonchev–Trinajstić information content (AvgIpc) is 2.76. The summed E-state index contributed by atoms with van der Waals surface area (Å²) in [5.41, 5.74) is 1.98. The Morgan fingerprint density at radius 2 is 1.66 bits per heavy atom. The Kier molecular flexibility index (Phi) is 5.91. The standard InChI is InChI=1S/C23H27N5O/c1-3-29-20-11-9-19(10-12-20)24-21-17-22(28-15-13-27(2)14-16-28)26-23(25-21)18-7-5-4-6-8-18/h4-12,17H,3,13-16H2,1-2H3,(H,24,25,26). The molecule has 2 heterocycles. The van der Waals surface area contributed by atoms with Crippen LogP contribution >= 0.6 is 0 Å². The molecule has 1 saturated heterocycles. The van der Waals surface area contributed by atoms with Crippen LogP contribution in [0.5, 0.6) is 5.75 Å². The predicted octanol–water partition coefficient (Wildman–Crippen LogP) is 4.04. The summed E-state index contributed by atoms with van der Waals surface area (Å²) >= 11 is 0. The Balaban J connectivity index is 1.64. The molecule has 0 spiro atoms. The number of piperazine rings is 1. The highest BCUT2D eigenvalue weighted by Crippen LogP contribution is 2.26. The fourth-order valence-corrected chi connectivity index (χ4v) is 3.36. The van der Waals surface area contributed by atoms with Gasteiger partial charge < -0.3 is 19.9 Å². The van der Waals surface area contributed by atoms with Crippen molar-refractivity contribution >= 4 is 17.3 Å². The molecule has 6 heteroatoms. The number of nitrogens with zero attached hydrogens (tertiary/aromatic N) is 4. The molecule has 0 bridgehead atoms. The molecule has 0 saturated carbocycles. The monoisotopic (exact) mass is 389 g/mol. The van der Waals surface area contributed by atoms with Crippen LogP contribution in [-0.2, 0) is 0 Å². The molecular weight excluding hydrogens is 362 g/mol. The Hall–Kier alpha value is -3.12. The molecule has 0 atom stereocenters. The topological polar surface area (TPSA) is 53.5 Å². The normalized spacial score (nSPS) is 14.6. The van der Waals surface area contributed by atoms with E-state index < -0.39 is 0 Å². The van der Waals surface area contributed by atoms with E-state index in [4.69, 9.17) is 14.7 Å². The van der Waals surface area contributed by atoms with Crippen LogP contribution in [0, 0.1) is 0 Å². The Morgan fingerprint density at radius 1 is 0.931 bits per heavy atom. The van der Waals surface area contributed by atoms with Gasteiger partial charge in [0.05, 0.1) is 6.61 Å². The van der Waals surface area contributed by atoms with Crippen LogP contribution in [0.3, 0.4) is 0 Å². The molecule has 29 heavy (non-hydrogen) atoms. The summed E-state index contributed by atoms with van der Waals surface area (Å²) < 4.78 is 5.53. The van der Waals surface area contributed by atoms with Crippen molar-refractivity contribution in [3.63, 3.8) is 0 Å². The van der Waals surface area contributed by atoms with Gasteiger partial charge in [-0.05, 0) is 38.2 Å². The van der Waals surface area contributed by atoms with Crippen LogP contribution in [0.25, 0.3) is 11.4 Å². The van der Waals surface area contributed by atoms with Gasteiger partial charge in [-0.2, -0.15) is 0 Å². The number of aromatic nitrogens is 2. The third-order valence-electron chi connectivity index (χ3n) is 5.01. The highest BCUT2D eigenvalue weighted by atomic mass is 16.5. The van der Waals surface area contributed by atoms with E-state index in [2.05, 4.69) is 22.2 Å². The van der Waals surface area contributed by atoms with E-state index in [0.717, 1.165) is 60.6 Å². The minimum absolute atomic E-state index is 0.660. The Labute approximate surface area is 172 Å². The number of hydrogen-bond acceptors (Lipinski definition) is 6. The van der Waals surface area contributed by atoms with Crippen molar-refractivity contribution in [2.24, 2.45) is 0 Å². The summed E-state index contributed by atoms with van der Waals surface area (Å²) in [6.45, 7) is 6.64. The molecular formula is C23H27N5O. The van der Waals surface area contributed by atoms with E-state index in [1.807, 2.05) is 67.6 Å². The van der Waals surface area contributed by atoms with E-state index in [1.165, 1.54) is 0 Å². The van der Waals surface area contributed by atoms with Crippen LogP contribution in [0.15, 0.2) is 60.7 Å². The first kappa shape index (κ1) is 19.2. The number of benzene rings is 2. The van der Waals surface area contributed by atoms with Gasteiger partial charge in [0, 0.05) is 43.5 Å². The molecule has 3 aromatic rings. The SMILES string of the molecule is CCOc1ccc(Nc2cc(N3CCN(C)CC3)nc(-c3ccccc3)n2)cc1. The van der Waals surface area contributed by atoms with Crippen LogP contribution in [0.4, 0.5) is 17.3 Å². The second kappa shape index (κ2) is 8.92. The zero-order valence-corrected chi connectivity index (χ0v) is 17.0. The van der Waals surface area contributed by atoms with E-state index >= 15 is 0 Å². The lowest BCUT2D eigenvalue weighted by Crippen LogP contribution is -2.44. The number of rotatable bonds is 6. The molecule has 6 nitrogen and oxygen atoms in total. The van der Waals surface area contributed by atoms with Gasteiger partial charge in [0.25, 0.3) is 0 Å². The van der Waals surface area contributed by atoms with Gasteiger partial charge in [-0.3, -0.25) is 0 Å². The quantitative estimate of drug-likeness (QED) is 0.687. The molecule has 1 aliphatic rings. The molecule has 0 radical (unpaired) electrons. The summed E-state index contributed by atoms with van der Waals surface area (Å²) in [7, 11) is 2.16. The Bertz CT molecular complexity index is 922. The van der Waals surface area contributed by atoms with Crippen molar-refractivity contribution in [2.45, 2.75) is 6.92 Å². The molecule has 150 valence electrons. The maximum absolute atomic E-state index is 5.53. The summed E-state index contributed by atoms with van der Waals surface area (Å²) in [6, 6.07) is 20.1. The first-order valence-electron chi connectivity index (χ1n) is 10.1. The van der Waals surface area contributed by atoms with E-state index in [9.17, 15) is 0 Å². The average molecular weight is 390 g/mol. The molecule has 0 amide bonds. The zero-order chi connectivity index (χ0) is 20.1. The van der Waals surface area contributed by atoms with Gasteiger partial charge in [0.2, 0.25) is 0 Å². The number of hydrogen-bond donors (Lipinski definition) is 1. The van der Waals surface area contributed by atoms with Crippen LogP contribution in [0.1, 0.15) is 6.92 Å². The predicted molar refractivity (Wildman–Crippen MR) is 118 cm³/mol. The van der Waals surface area contributed by atoms with Crippen molar-refractivity contribution < 1.29 is 4.74 Å². The van der Waals surface area contributed by atoms with Crippen molar-refractivity contribution in [2.75, 3.05) is 50.1 Å². The fourth-order valence-electron chi connectivity index (χ4n) is 3.36. The van der Waals surface area contributed by atoms with Crippen molar-refractivity contribution in [1.29, 1.82) is 0 Å². The molecule has 1 N–H and O–H groups in total. The van der Waals surface area contributed by atoms with E-state index in [1.54, 1.807) is 0 Å². The van der Waals surface area contributed by atoms with Gasteiger partial charge in [-0.1, -0.05) is 30.3 Å². The number of anilines is 3. The maximum atomic E-state index is 5.53. The molecule has 1 aromatic heterocycles. The second-order valence-electron chi connectivity index (χ2n) is 7.17. The molecule has 0 aliphatic carbocycles. The molecule has 1 aliphatic heterocycles. The van der Waals surface area contributed by atoms with Crippen molar-refractivity contribution in [1.82, 2.24) is 14.9 Å². The van der Waals surface area contributed by atoms with Crippen LogP contribution in [0.2, 0.25) is 0 Å². The van der Waals surface area contributed by atoms with E-state index in [-0.39, 0.29) is 0 Å². The summed E-state index contributed by atoms with van der Waals surface area (Å²) in [5.74, 6) is 3.34. The first-order valence-corrected chi connectivity index (χ1v) is 10.1. The second-order valence-corrected chi connectivity index (χ2v) is 7.17. The third kappa shape index (κ3) is 4.84. The van der Waals surface area contributed by atoms with Gasteiger partial charge in [-0.25, -0.2) is 9.97 Å². The lowest BCUT2D eigenvalue weighted by atomic mass is 10.2. The minimum atomic E-state index is 0.660. The number of nitrogens with one attached hydrogen (secondary N) is 1. The van der Waals surface area contributed by atoms with Gasteiger partial charge in [-0.15, -0.1) is 0 Å². The summed E-state index contributed by atoms with van der Waals surface area (Å²) in [4.78, 5) is 14.3. The third-order valence-corrected chi connectivity index (χ3v) is 5.01. The highest BCUT2D eigenvalue weighted by Gasteiger charge is 2.17. The Morgan fingerprint density at radius 3 is 2.34 bits per heavy atom. The largest absolute Gasteiger partial charge is 0.494 e. The van der Waals surface area contributed by atoms with Crippen LogP contribution < -0.4 is 15.0 Å². The lowest BCUT2D eigenvalue weighted by Gasteiger charge is -2.33. The highest BCUT2D eigenvalue weighted by molar-refractivity contribution is 5.66. The van der Waals surface area contributed by atoms with Crippen LogP contribution in [-0.4, -0.2) is 54.7 Å². The molecule has 0 unspecified atom stereocenters. The fraction of sp³-hybridized carbons (Fsp3) is 0.304. The van der Waals surface area contributed by atoms with Gasteiger partial charge in [0.1, 0.15) is 17.4 Å². The number of ether oxygens (including phenoxy) is 1.